The van der Waals surface area contributed by atoms with Crippen molar-refractivity contribution in [3.8, 4) is 11.1 Å². The molecule has 134 valence electrons. The molecule has 0 aliphatic carbocycles. The summed E-state index contributed by atoms with van der Waals surface area (Å²) in [6.07, 6.45) is 1.14. The number of hydrogen-bond acceptors (Lipinski definition) is 3. The third-order valence-electron chi connectivity index (χ3n) is 4.70. The van der Waals surface area contributed by atoms with Gasteiger partial charge in [-0.1, -0.05) is 61.2 Å². The SMILES string of the molecule is Cc1cc(C)c(-c2cccc3c2N(C)C(NC[Si](C)(C)C)S3)c(C)c1. The first-order valence-electron chi connectivity index (χ1n) is 9.01. The summed E-state index contributed by atoms with van der Waals surface area (Å²) < 4.78 is 0. The number of nitrogens with one attached hydrogen (secondary N) is 1. The molecule has 1 heterocycles. The number of nitrogens with zero attached hydrogens (tertiary/aromatic N) is 1. The molecule has 0 amide bonds. The van der Waals surface area contributed by atoms with E-state index in [4.69, 9.17) is 0 Å². The maximum absolute atomic E-state index is 3.79. The minimum absolute atomic E-state index is 0.328. The number of benzene rings is 2. The van der Waals surface area contributed by atoms with Gasteiger partial charge < -0.3 is 4.90 Å². The summed E-state index contributed by atoms with van der Waals surface area (Å²) in [5.74, 6) is 0. The second kappa shape index (κ2) is 6.82. The molecule has 2 aromatic rings. The van der Waals surface area contributed by atoms with Crippen molar-refractivity contribution in [3.63, 3.8) is 0 Å². The van der Waals surface area contributed by atoms with E-state index in [1.165, 1.54) is 38.4 Å². The van der Waals surface area contributed by atoms with Crippen LogP contribution in [0.2, 0.25) is 19.6 Å². The zero-order valence-corrected chi connectivity index (χ0v) is 18.3. The number of anilines is 1. The van der Waals surface area contributed by atoms with Crippen LogP contribution >= 0.6 is 11.8 Å². The van der Waals surface area contributed by atoms with Crippen molar-refractivity contribution >= 4 is 25.5 Å². The van der Waals surface area contributed by atoms with Crippen LogP contribution in [0.25, 0.3) is 11.1 Å². The first kappa shape index (κ1) is 18.6. The highest BCUT2D eigenvalue weighted by Crippen LogP contribution is 2.48. The van der Waals surface area contributed by atoms with Crippen LogP contribution in [0.3, 0.4) is 0 Å². The number of thioether (sulfide) groups is 1. The molecule has 2 aromatic carbocycles. The number of hydrogen-bond donors (Lipinski definition) is 1. The predicted octanol–water partition coefficient (Wildman–Crippen LogP) is 5.57. The monoisotopic (exact) mass is 370 g/mol. The Morgan fingerprint density at radius 1 is 1.08 bits per heavy atom. The fourth-order valence-corrected chi connectivity index (χ4v) is 5.82. The molecule has 0 bridgehead atoms. The van der Waals surface area contributed by atoms with Gasteiger partial charge in [0.05, 0.1) is 13.8 Å². The smallest absolute Gasteiger partial charge is 0.132 e. The van der Waals surface area contributed by atoms with Crippen molar-refractivity contribution in [3.05, 3.63) is 47.0 Å². The third kappa shape index (κ3) is 3.81. The topological polar surface area (TPSA) is 15.3 Å². The zero-order valence-electron chi connectivity index (χ0n) is 16.5. The van der Waals surface area contributed by atoms with Crippen LogP contribution in [0.15, 0.2) is 35.2 Å². The van der Waals surface area contributed by atoms with Gasteiger partial charge in [-0.25, -0.2) is 0 Å². The van der Waals surface area contributed by atoms with E-state index in [2.05, 4.69) is 88.0 Å². The lowest BCUT2D eigenvalue weighted by Gasteiger charge is -2.27. The van der Waals surface area contributed by atoms with Crippen LogP contribution in [-0.4, -0.2) is 26.8 Å². The van der Waals surface area contributed by atoms with Gasteiger partial charge in [-0.3, -0.25) is 5.32 Å². The molecule has 1 atom stereocenters. The highest BCUT2D eigenvalue weighted by atomic mass is 32.2. The van der Waals surface area contributed by atoms with E-state index in [0.29, 0.717) is 5.50 Å². The van der Waals surface area contributed by atoms with Crippen molar-refractivity contribution in [2.24, 2.45) is 0 Å². The van der Waals surface area contributed by atoms with Gasteiger partial charge in [0.15, 0.2) is 0 Å². The minimum Gasteiger partial charge on any atom is -0.349 e. The maximum atomic E-state index is 3.79. The van der Waals surface area contributed by atoms with Crippen LogP contribution in [0.1, 0.15) is 16.7 Å². The molecule has 1 aliphatic heterocycles. The Labute approximate surface area is 158 Å². The Balaban J connectivity index is 2.00. The normalized spacial score (nSPS) is 17.1. The van der Waals surface area contributed by atoms with E-state index in [1.807, 2.05) is 11.8 Å². The van der Waals surface area contributed by atoms with Gasteiger partial charge in [-0.2, -0.15) is 0 Å². The molecule has 0 fully saturated rings. The summed E-state index contributed by atoms with van der Waals surface area (Å²) in [4.78, 5) is 3.81. The van der Waals surface area contributed by atoms with E-state index in [0.717, 1.165) is 6.17 Å². The van der Waals surface area contributed by atoms with E-state index < -0.39 is 8.07 Å². The van der Waals surface area contributed by atoms with Gasteiger partial charge in [0, 0.05) is 17.5 Å². The van der Waals surface area contributed by atoms with Crippen LogP contribution in [0, 0.1) is 20.8 Å². The van der Waals surface area contributed by atoms with Gasteiger partial charge in [0.2, 0.25) is 0 Å². The number of rotatable bonds is 4. The summed E-state index contributed by atoms with van der Waals surface area (Å²) in [5.41, 5.74) is 8.51. The fraction of sp³-hybridized carbons (Fsp3) is 0.429. The molecule has 1 unspecified atom stereocenters. The molecular formula is C21H30N2SSi. The zero-order chi connectivity index (χ0) is 18.4. The number of para-hydroxylation sites is 1. The largest absolute Gasteiger partial charge is 0.349 e. The van der Waals surface area contributed by atoms with Crippen molar-refractivity contribution in [2.75, 3.05) is 18.1 Å². The Kier molecular flexibility index (Phi) is 5.06. The first-order valence-corrected chi connectivity index (χ1v) is 13.6. The molecule has 25 heavy (non-hydrogen) atoms. The van der Waals surface area contributed by atoms with Crippen LogP contribution in [-0.2, 0) is 0 Å². The lowest BCUT2D eigenvalue weighted by Crippen LogP contribution is -2.46. The fourth-order valence-electron chi connectivity index (χ4n) is 3.68. The van der Waals surface area contributed by atoms with E-state index >= 15 is 0 Å². The average molecular weight is 371 g/mol. The quantitative estimate of drug-likeness (QED) is 0.708. The standard InChI is InChI=1S/C21H30N2SSi/c1-14-11-15(2)19(16(3)12-14)17-9-8-10-18-20(17)23(4)21(24-18)22-13-25(5,6)7/h8-12,21-22H,13H2,1-7H3. The van der Waals surface area contributed by atoms with Crippen molar-refractivity contribution in [1.82, 2.24) is 5.32 Å². The Morgan fingerprint density at radius 2 is 1.72 bits per heavy atom. The van der Waals surface area contributed by atoms with Crippen LogP contribution in [0.4, 0.5) is 5.69 Å². The van der Waals surface area contributed by atoms with Gasteiger partial charge in [0.1, 0.15) is 5.50 Å². The maximum Gasteiger partial charge on any atom is 0.132 e. The van der Waals surface area contributed by atoms with Gasteiger partial charge >= 0.3 is 0 Å². The molecule has 0 saturated carbocycles. The molecule has 2 nitrogen and oxygen atoms in total. The summed E-state index contributed by atoms with van der Waals surface area (Å²) in [5, 5.41) is 3.79. The third-order valence-corrected chi connectivity index (χ3v) is 7.25. The Bertz CT molecular complexity index is 772. The molecular weight excluding hydrogens is 340 g/mol. The van der Waals surface area contributed by atoms with Gasteiger partial charge in [-0.15, -0.1) is 0 Å². The van der Waals surface area contributed by atoms with Crippen LogP contribution in [0.5, 0.6) is 0 Å². The lowest BCUT2D eigenvalue weighted by atomic mass is 9.92. The van der Waals surface area contributed by atoms with E-state index in [1.54, 1.807) is 0 Å². The average Bonchev–Trinajstić information content (AvgIpc) is 2.81. The molecule has 0 aromatic heterocycles. The Morgan fingerprint density at radius 3 is 2.32 bits per heavy atom. The predicted molar refractivity (Wildman–Crippen MR) is 115 cm³/mol. The summed E-state index contributed by atoms with van der Waals surface area (Å²) in [6, 6.07) is 11.3. The summed E-state index contributed by atoms with van der Waals surface area (Å²) in [7, 11) is 1.11. The summed E-state index contributed by atoms with van der Waals surface area (Å²) in [6.45, 7) is 13.9. The minimum atomic E-state index is -1.11. The second-order valence-electron chi connectivity index (χ2n) is 8.45. The van der Waals surface area contributed by atoms with E-state index in [-0.39, 0.29) is 0 Å². The highest BCUT2D eigenvalue weighted by Gasteiger charge is 2.31. The number of aryl methyl sites for hydroxylation is 3. The second-order valence-corrected chi connectivity index (χ2v) is 15.0. The van der Waals surface area contributed by atoms with E-state index in [9.17, 15) is 0 Å². The molecule has 4 heteroatoms. The number of fused-ring (bicyclic) bond motifs is 1. The van der Waals surface area contributed by atoms with Gasteiger partial charge in [0.25, 0.3) is 0 Å². The Hall–Kier alpha value is -1.23. The molecule has 0 spiro atoms. The molecule has 1 N–H and O–H groups in total. The summed E-state index contributed by atoms with van der Waals surface area (Å²) >= 11 is 1.95. The van der Waals surface area contributed by atoms with Crippen molar-refractivity contribution in [2.45, 2.75) is 50.8 Å². The first-order chi connectivity index (χ1) is 11.7. The lowest BCUT2D eigenvalue weighted by molar-refractivity contribution is 0.706. The van der Waals surface area contributed by atoms with Crippen molar-refractivity contribution in [1.29, 1.82) is 0 Å². The highest BCUT2D eigenvalue weighted by molar-refractivity contribution is 8.00. The molecule has 0 radical (unpaired) electrons. The molecule has 0 saturated heterocycles. The van der Waals surface area contributed by atoms with Crippen molar-refractivity contribution < 1.29 is 0 Å². The van der Waals surface area contributed by atoms with Crippen LogP contribution < -0.4 is 10.2 Å². The molecule has 1 aliphatic rings. The van der Waals surface area contributed by atoms with Gasteiger partial charge in [-0.05, 0) is 49.7 Å². The molecule has 3 rings (SSSR count).